The number of anilines is 1. The lowest BCUT2D eigenvalue weighted by molar-refractivity contribution is 0.0714. The molecule has 0 bridgehead atoms. The fourth-order valence-electron chi connectivity index (χ4n) is 2.47. The molecule has 1 aromatic carbocycles. The van der Waals surface area contributed by atoms with Gasteiger partial charge in [0.25, 0.3) is 5.91 Å². The van der Waals surface area contributed by atoms with E-state index in [9.17, 15) is 4.79 Å². The van der Waals surface area contributed by atoms with Crippen molar-refractivity contribution >= 4 is 22.9 Å². The highest BCUT2D eigenvalue weighted by molar-refractivity contribution is 7.10. The zero-order valence-electron chi connectivity index (χ0n) is 10.3. The summed E-state index contributed by atoms with van der Waals surface area (Å²) in [6.07, 6.45) is -0.00704. The van der Waals surface area contributed by atoms with Crippen molar-refractivity contribution in [2.24, 2.45) is 0 Å². The van der Waals surface area contributed by atoms with E-state index in [0.29, 0.717) is 0 Å². The number of carbonyl (C=O) groups excluding carboxylic acids is 1. The third-order valence-corrected chi connectivity index (χ3v) is 4.28. The first-order chi connectivity index (χ1) is 8.70. The highest BCUT2D eigenvalue weighted by atomic mass is 32.1. The topological polar surface area (TPSA) is 23.6 Å². The number of amides is 1. The quantitative estimate of drug-likeness (QED) is 0.785. The Hall–Kier alpha value is -1.81. The molecule has 3 nitrogen and oxygen atoms in total. The normalized spacial score (nSPS) is 19.0. The highest BCUT2D eigenvalue weighted by Gasteiger charge is 2.34. The molecule has 18 heavy (non-hydrogen) atoms. The van der Waals surface area contributed by atoms with Crippen molar-refractivity contribution in [2.45, 2.75) is 6.17 Å². The molecule has 0 spiro atoms. The van der Waals surface area contributed by atoms with Crippen LogP contribution in [0.4, 0.5) is 5.69 Å². The Morgan fingerprint density at radius 1 is 1.06 bits per heavy atom. The molecule has 1 aromatic heterocycles. The van der Waals surface area contributed by atoms with Crippen LogP contribution in [-0.2, 0) is 0 Å². The Morgan fingerprint density at radius 3 is 2.56 bits per heavy atom. The van der Waals surface area contributed by atoms with Crippen LogP contribution in [0, 0.1) is 0 Å². The van der Waals surface area contributed by atoms with Gasteiger partial charge in [-0.15, -0.1) is 11.3 Å². The van der Waals surface area contributed by atoms with Gasteiger partial charge < -0.3 is 9.80 Å². The van der Waals surface area contributed by atoms with Crippen LogP contribution in [0.1, 0.15) is 21.4 Å². The van der Waals surface area contributed by atoms with Crippen LogP contribution >= 0.6 is 11.3 Å². The molecule has 2 aromatic rings. The summed E-state index contributed by atoms with van der Waals surface area (Å²) in [4.78, 5) is 17.5. The Balaban J connectivity index is 2.13. The van der Waals surface area contributed by atoms with Gasteiger partial charge in [-0.3, -0.25) is 4.79 Å². The number of carbonyl (C=O) groups is 1. The molecule has 2 heterocycles. The predicted molar refractivity (Wildman–Crippen MR) is 74.0 cm³/mol. The van der Waals surface area contributed by atoms with Gasteiger partial charge in [-0.1, -0.05) is 18.2 Å². The summed E-state index contributed by atoms with van der Waals surface area (Å²) in [5.41, 5.74) is 1.77. The Labute approximate surface area is 110 Å². The number of hydrogen-bond donors (Lipinski definition) is 0. The van der Waals surface area contributed by atoms with Crippen molar-refractivity contribution in [3.8, 4) is 0 Å². The second-order valence-corrected chi connectivity index (χ2v) is 5.41. The van der Waals surface area contributed by atoms with E-state index in [1.165, 1.54) is 4.88 Å². The van der Waals surface area contributed by atoms with Gasteiger partial charge in [0.1, 0.15) is 6.17 Å². The molecule has 1 atom stereocenters. The minimum atomic E-state index is -0.00704. The van der Waals surface area contributed by atoms with E-state index >= 15 is 0 Å². The largest absolute Gasteiger partial charge is 0.349 e. The number of nitrogens with zero attached hydrogens (tertiary/aromatic N) is 2. The smallest absolute Gasteiger partial charge is 0.257 e. The zero-order valence-corrected chi connectivity index (χ0v) is 11.1. The Morgan fingerprint density at radius 2 is 1.83 bits per heavy atom. The van der Waals surface area contributed by atoms with Crippen molar-refractivity contribution in [1.29, 1.82) is 0 Å². The molecule has 0 saturated heterocycles. The maximum Gasteiger partial charge on any atom is 0.257 e. The number of para-hydroxylation sites is 1. The number of thiophene rings is 1. The average molecular weight is 258 g/mol. The van der Waals surface area contributed by atoms with Gasteiger partial charge in [-0.2, -0.15) is 0 Å². The van der Waals surface area contributed by atoms with E-state index in [1.807, 2.05) is 49.8 Å². The summed E-state index contributed by atoms with van der Waals surface area (Å²) < 4.78 is 0. The molecule has 0 unspecified atom stereocenters. The van der Waals surface area contributed by atoms with E-state index in [-0.39, 0.29) is 12.1 Å². The van der Waals surface area contributed by atoms with E-state index in [0.717, 1.165) is 11.3 Å². The summed E-state index contributed by atoms with van der Waals surface area (Å²) in [5, 5.41) is 2.04. The van der Waals surface area contributed by atoms with E-state index in [4.69, 9.17) is 0 Å². The molecular weight excluding hydrogens is 244 g/mol. The molecule has 1 amide bonds. The van der Waals surface area contributed by atoms with E-state index in [2.05, 4.69) is 11.0 Å². The Kier molecular flexibility index (Phi) is 2.59. The zero-order chi connectivity index (χ0) is 12.7. The first-order valence-corrected chi connectivity index (χ1v) is 6.70. The van der Waals surface area contributed by atoms with Crippen LogP contribution in [0.15, 0.2) is 41.8 Å². The summed E-state index contributed by atoms with van der Waals surface area (Å²) in [6.45, 7) is 0. The number of benzene rings is 1. The first kappa shape index (κ1) is 11.3. The third-order valence-electron chi connectivity index (χ3n) is 3.37. The fraction of sp³-hybridized carbons (Fsp3) is 0.214. The van der Waals surface area contributed by atoms with Crippen LogP contribution < -0.4 is 4.90 Å². The molecular formula is C14H14N2OS. The van der Waals surface area contributed by atoms with Crippen molar-refractivity contribution in [2.75, 3.05) is 19.0 Å². The van der Waals surface area contributed by atoms with Gasteiger partial charge in [0, 0.05) is 19.0 Å². The summed E-state index contributed by atoms with van der Waals surface area (Å²) >= 11 is 1.68. The van der Waals surface area contributed by atoms with Crippen LogP contribution in [0.25, 0.3) is 0 Å². The number of hydrogen-bond acceptors (Lipinski definition) is 3. The number of rotatable bonds is 1. The lowest BCUT2D eigenvalue weighted by Crippen LogP contribution is -2.45. The predicted octanol–water partition coefficient (Wildman–Crippen LogP) is 2.97. The van der Waals surface area contributed by atoms with E-state index in [1.54, 1.807) is 16.2 Å². The molecule has 0 fully saturated rings. The van der Waals surface area contributed by atoms with Crippen LogP contribution in [0.2, 0.25) is 0 Å². The second-order valence-electron chi connectivity index (χ2n) is 4.43. The minimum absolute atomic E-state index is 0.00704. The second kappa shape index (κ2) is 4.14. The van der Waals surface area contributed by atoms with Crippen molar-refractivity contribution in [1.82, 2.24) is 4.90 Å². The molecule has 0 aliphatic carbocycles. The molecule has 1 aliphatic heterocycles. The molecule has 92 valence electrons. The molecule has 3 rings (SSSR count). The third kappa shape index (κ3) is 1.53. The minimum Gasteiger partial charge on any atom is -0.349 e. The Bertz CT molecular complexity index is 579. The van der Waals surface area contributed by atoms with Crippen LogP contribution in [0.3, 0.4) is 0 Å². The summed E-state index contributed by atoms with van der Waals surface area (Å²) in [5.74, 6) is 0.0853. The molecule has 4 heteroatoms. The van der Waals surface area contributed by atoms with Crippen molar-refractivity contribution in [3.63, 3.8) is 0 Å². The number of fused-ring (bicyclic) bond motifs is 1. The molecule has 0 radical (unpaired) electrons. The fourth-order valence-corrected chi connectivity index (χ4v) is 3.38. The van der Waals surface area contributed by atoms with Gasteiger partial charge in [0.2, 0.25) is 0 Å². The maximum absolute atomic E-state index is 12.4. The molecule has 1 aliphatic rings. The van der Waals surface area contributed by atoms with Gasteiger partial charge >= 0.3 is 0 Å². The van der Waals surface area contributed by atoms with Crippen molar-refractivity contribution in [3.05, 3.63) is 52.2 Å². The first-order valence-electron chi connectivity index (χ1n) is 5.82. The van der Waals surface area contributed by atoms with Crippen LogP contribution in [-0.4, -0.2) is 24.9 Å². The lowest BCUT2D eigenvalue weighted by atomic mass is 10.1. The summed E-state index contributed by atoms with van der Waals surface area (Å²) in [6, 6.07) is 11.9. The van der Waals surface area contributed by atoms with Gasteiger partial charge in [0.15, 0.2) is 0 Å². The van der Waals surface area contributed by atoms with Crippen LogP contribution in [0.5, 0.6) is 0 Å². The lowest BCUT2D eigenvalue weighted by Gasteiger charge is -2.41. The van der Waals surface area contributed by atoms with E-state index < -0.39 is 0 Å². The maximum atomic E-state index is 12.4. The van der Waals surface area contributed by atoms with Gasteiger partial charge in [-0.25, -0.2) is 0 Å². The monoisotopic (exact) mass is 258 g/mol. The van der Waals surface area contributed by atoms with Gasteiger partial charge in [-0.05, 0) is 23.6 Å². The standard InChI is InChI=1S/C14H14N2OS/c1-15-11-7-4-3-6-10(11)14(17)16(2)13(15)12-8-5-9-18-12/h3-9,13H,1-2H3/t13-/m1/s1. The van der Waals surface area contributed by atoms with Gasteiger partial charge in [0.05, 0.1) is 11.3 Å². The summed E-state index contributed by atoms with van der Waals surface area (Å²) in [7, 11) is 3.89. The molecule has 0 N–H and O–H groups in total. The SMILES string of the molecule is CN1C(=O)c2ccccc2N(C)[C@H]1c1cccs1. The molecule has 0 saturated carbocycles. The highest BCUT2D eigenvalue weighted by Crippen LogP contribution is 2.37. The van der Waals surface area contributed by atoms with Crippen molar-refractivity contribution < 1.29 is 4.79 Å². The average Bonchev–Trinajstić information content (AvgIpc) is 2.90.